The molecule has 0 spiro atoms. The van der Waals surface area contributed by atoms with Crippen LogP contribution in [0.3, 0.4) is 0 Å². The van der Waals surface area contributed by atoms with Gasteiger partial charge in [0.2, 0.25) is 5.88 Å². The van der Waals surface area contributed by atoms with Gasteiger partial charge in [-0.3, -0.25) is 0 Å². The average Bonchev–Trinajstić information content (AvgIpc) is 2.68. The monoisotopic (exact) mass is 402 g/mol. The predicted octanol–water partition coefficient (Wildman–Crippen LogP) is 5.14. The zero-order valence-electron chi connectivity index (χ0n) is 14.7. The third kappa shape index (κ3) is 6.43. The molecule has 0 aliphatic heterocycles. The minimum atomic E-state index is 0.442. The molecule has 0 aliphatic rings. The summed E-state index contributed by atoms with van der Waals surface area (Å²) in [5.41, 5.74) is 2.00. The highest BCUT2D eigenvalue weighted by Gasteiger charge is 2.06. The molecule has 4 nitrogen and oxygen atoms in total. The summed E-state index contributed by atoms with van der Waals surface area (Å²) in [6.07, 6.45) is 1.71. The molecule has 1 heterocycles. The van der Waals surface area contributed by atoms with Crippen molar-refractivity contribution >= 4 is 23.2 Å². The summed E-state index contributed by atoms with van der Waals surface area (Å²) < 4.78 is 11.5. The molecule has 0 saturated heterocycles. The molecule has 3 rings (SSSR count). The second kappa shape index (κ2) is 10.2. The van der Waals surface area contributed by atoms with Crippen LogP contribution in [0.15, 0.2) is 66.9 Å². The lowest BCUT2D eigenvalue weighted by molar-refractivity contribution is 0.295. The van der Waals surface area contributed by atoms with Gasteiger partial charge in [-0.2, -0.15) is 0 Å². The van der Waals surface area contributed by atoms with Gasteiger partial charge in [0.15, 0.2) is 0 Å². The maximum Gasteiger partial charge on any atom is 0.213 e. The lowest BCUT2D eigenvalue weighted by Crippen LogP contribution is -2.21. The normalized spacial score (nSPS) is 10.6. The Bertz CT molecular complexity index is 860. The van der Waals surface area contributed by atoms with Crippen molar-refractivity contribution in [3.63, 3.8) is 0 Å². The van der Waals surface area contributed by atoms with E-state index in [4.69, 9.17) is 32.7 Å². The molecule has 1 aromatic heterocycles. The fourth-order valence-electron chi connectivity index (χ4n) is 2.50. The Balaban J connectivity index is 1.51. The number of rotatable bonds is 9. The highest BCUT2D eigenvalue weighted by Crippen LogP contribution is 2.24. The van der Waals surface area contributed by atoms with E-state index in [1.54, 1.807) is 6.20 Å². The molecule has 0 radical (unpaired) electrons. The van der Waals surface area contributed by atoms with Gasteiger partial charge in [-0.25, -0.2) is 4.98 Å². The summed E-state index contributed by atoms with van der Waals surface area (Å²) in [6.45, 7) is 2.27. The third-order valence-electron chi connectivity index (χ3n) is 3.79. The van der Waals surface area contributed by atoms with Crippen LogP contribution in [0.2, 0.25) is 10.0 Å². The molecule has 0 saturated carbocycles. The van der Waals surface area contributed by atoms with Crippen LogP contribution < -0.4 is 14.8 Å². The van der Waals surface area contributed by atoms with E-state index in [1.165, 1.54) is 0 Å². The Morgan fingerprint density at radius 1 is 0.889 bits per heavy atom. The Morgan fingerprint density at radius 3 is 2.59 bits per heavy atom. The Hall–Kier alpha value is -2.27. The van der Waals surface area contributed by atoms with Crippen LogP contribution in [-0.4, -0.2) is 18.1 Å². The Labute approximate surface area is 169 Å². The summed E-state index contributed by atoms with van der Waals surface area (Å²) in [5, 5.41) is 4.70. The van der Waals surface area contributed by atoms with Crippen molar-refractivity contribution in [3.05, 3.63) is 88.0 Å². The number of nitrogens with zero attached hydrogens (tertiary/aromatic N) is 1. The van der Waals surface area contributed by atoms with E-state index in [-0.39, 0.29) is 0 Å². The van der Waals surface area contributed by atoms with E-state index in [2.05, 4.69) is 10.3 Å². The zero-order valence-corrected chi connectivity index (χ0v) is 16.2. The first-order chi connectivity index (χ1) is 13.2. The number of hydrogen-bond donors (Lipinski definition) is 1. The third-order valence-corrected chi connectivity index (χ3v) is 4.26. The standard InChI is InChI=1S/C21H20Cl2N2O2/c22-18-5-3-4-16(12-18)15-27-20-8-7-19(23)13-17(20)14-24-10-11-26-21-6-1-2-9-25-21/h1-9,12-13,24H,10-11,14-15H2. The number of halogens is 2. The summed E-state index contributed by atoms with van der Waals surface area (Å²) in [7, 11) is 0. The molecule has 6 heteroatoms. The Morgan fingerprint density at radius 2 is 1.78 bits per heavy atom. The van der Waals surface area contributed by atoms with Crippen molar-refractivity contribution in [1.29, 1.82) is 0 Å². The molecule has 0 bridgehead atoms. The number of aromatic nitrogens is 1. The van der Waals surface area contributed by atoms with E-state index < -0.39 is 0 Å². The van der Waals surface area contributed by atoms with Gasteiger partial charge < -0.3 is 14.8 Å². The first kappa shape index (κ1) is 19.5. The van der Waals surface area contributed by atoms with Gasteiger partial charge in [-0.05, 0) is 42.0 Å². The fourth-order valence-corrected chi connectivity index (χ4v) is 2.91. The van der Waals surface area contributed by atoms with E-state index in [0.717, 1.165) is 16.9 Å². The van der Waals surface area contributed by atoms with Crippen molar-refractivity contribution in [1.82, 2.24) is 10.3 Å². The van der Waals surface area contributed by atoms with Crippen LogP contribution in [-0.2, 0) is 13.2 Å². The summed E-state index contributed by atoms with van der Waals surface area (Å²) in [5.74, 6) is 1.41. The van der Waals surface area contributed by atoms with E-state index >= 15 is 0 Å². The van der Waals surface area contributed by atoms with Crippen molar-refractivity contribution in [2.24, 2.45) is 0 Å². The molecule has 3 aromatic rings. The fraction of sp³-hybridized carbons (Fsp3) is 0.190. The first-order valence-electron chi connectivity index (χ1n) is 8.61. The van der Waals surface area contributed by atoms with Crippen LogP contribution >= 0.6 is 23.2 Å². The molecular formula is C21H20Cl2N2O2. The molecule has 0 unspecified atom stereocenters. The van der Waals surface area contributed by atoms with Gasteiger partial charge in [0.25, 0.3) is 0 Å². The molecule has 0 amide bonds. The molecule has 27 heavy (non-hydrogen) atoms. The maximum atomic E-state index is 6.14. The Kier molecular flexibility index (Phi) is 7.34. The van der Waals surface area contributed by atoms with Crippen molar-refractivity contribution in [3.8, 4) is 11.6 Å². The molecule has 0 fully saturated rings. The van der Waals surface area contributed by atoms with Crippen molar-refractivity contribution in [2.75, 3.05) is 13.2 Å². The largest absolute Gasteiger partial charge is 0.489 e. The molecule has 0 aliphatic carbocycles. The highest BCUT2D eigenvalue weighted by molar-refractivity contribution is 6.30. The van der Waals surface area contributed by atoms with E-state index in [1.807, 2.05) is 60.7 Å². The summed E-state index contributed by atoms with van der Waals surface area (Å²) >= 11 is 12.2. The minimum Gasteiger partial charge on any atom is -0.489 e. The van der Waals surface area contributed by atoms with Gasteiger partial charge in [-0.15, -0.1) is 0 Å². The average molecular weight is 403 g/mol. The molecule has 140 valence electrons. The second-order valence-electron chi connectivity index (χ2n) is 5.86. The number of benzene rings is 2. The van der Waals surface area contributed by atoms with Crippen LogP contribution in [0, 0.1) is 0 Å². The van der Waals surface area contributed by atoms with Crippen LogP contribution in [0.1, 0.15) is 11.1 Å². The van der Waals surface area contributed by atoms with Crippen LogP contribution in [0.25, 0.3) is 0 Å². The number of ether oxygens (including phenoxy) is 2. The van der Waals surface area contributed by atoms with Crippen molar-refractivity contribution in [2.45, 2.75) is 13.2 Å². The minimum absolute atomic E-state index is 0.442. The summed E-state index contributed by atoms with van der Waals surface area (Å²) in [4.78, 5) is 4.12. The maximum absolute atomic E-state index is 6.14. The number of hydrogen-bond acceptors (Lipinski definition) is 4. The van der Waals surface area contributed by atoms with E-state index in [9.17, 15) is 0 Å². The molecule has 1 N–H and O–H groups in total. The van der Waals surface area contributed by atoms with Gasteiger partial charge in [-0.1, -0.05) is 41.4 Å². The highest BCUT2D eigenvalue weighted by atomic mass is 35.5. The van der Waals surface area contributed by atoms with Gasteiger partial charge in [0.05, 0.1) is 0 Å². The summed E-state index contributed by atoms with van der Waals surface area (Å²) in [6, 6.07) is 18.8. The number of nitrogens with one attached hydrogen (secondary N) is 1. The molecular weight excluding hydrogens is 383 g/mol. The van der Waals surface area contributed by atoms with E-state index in [0.29, 0.717) is 42.2 Å². The first-order valence-corrected chi connectivity index (χ1v) is 9.36. The van der Waals surface area contributed by atoms with Crippen molar-refractivity contribution < 1.29 is 9.47 Å². The van der Waals surface area contributed by atoms with Gasteiger partial charge >= 0.3 is 0 Å². The predicted molar refractivity (Wildman–Crippen MR) is 109 cm³/mol. The lowest BCUT2D eigenvalue weighted by atomic mass is 10.2. The van der Waals surface area contributed by atoms with Crippen LogP contribution in [0.5, 0.6) is 11.6 Å². The quantitative estimate of drug-likeness (QED) is 0.503. The van der Waals surface area contributed by atoms with Gasteiger partial charge in [0.1, 0.15) is 19.0 Å². The molecule has 0 atom stereocenters. The van der Waals surface area contributed by atoms with Crippen LogP contribution in [0.4, 0.5) is 0 Å². The van der Waals surface area contributed by atoms with Gasteiger partial charge in [0, 0.05) is 41.0 Å². The number of pyridine rings is 1. The molecule has 2 aromatic carbocycles. The zero-order chi connectivity index (χ0) is 18.9. The second-order valence-corrected chi connectivity index (χ2v) is 6.74. The SMILES string of the molecule is Clc1cccc(COc2ccc(Cl)cc2CNCCOc2ccccn2)c1. The topological polar surface area (TPSA) is 43.4 Å². The lowest BCUT2D eigenvalue weighted by Gasteiger charge is -2.13. The smallest absolute Gasteiger partial charge is 0.213 e.